The van der Waals surface area contributed by atoms with Gasteiger partial charge in [-0.3, -0.25) is 0 Å². The van der Waals surface area contributed by atoms with Gasteiger partial charge in [-0.25, -0.2) is 9.97 Å². The number of aromatic amines is 1. The highest BCUT2D eigenvalue weighted by Crippen LogP contribution is 2.22. The maximum atomic E-state index is 5.96. The van der Waals surface area contributed by atoms with Crippen molar-refractivity contribution in [2.24, 2.45) is 0 Å². The van der Waals surface area contributed by atoms with Gasteiger partial charge in [-0.15, -0.1) is 0 Å². The summed E-state index contributed by atoms with van der Waals surface area (Å²) in [5, 5.41) is 0.728. The minimum atomic E-state index is 0.728. The number of H-pyrrole nitrogens is 1. The van der Waals surface area contributed by atoms with Gasteiger partial charge in [0.05, 0.1) is 11.0 Å². The molecule has 0 unspecified atom stereocenters. The zero-order chi connectivity index (χ0) is 20.3. The lowest BCUT2D eigenvalue weighted by Gasteiger charge is -2.25. The standard InChI is InChI=1S/C25H21ClN4/c26-21-9-6-19(7-10-21)20-8-12-22(27-17-20)11-4-18-5-13-23-24(16-18)29-25(28-23)30-14-2-1-3-15-30/h5-10,12-13,16-17H,1-3,14-15H2,(H,28,29). The molecule has 1 aliphatic rings. The number of benzene rings is 2. The van der Waals surface area contributed by atoms with Gasteiger partial charge in [0.25, 0.3) is 0 Å². The lowest BCUT2D eigenvalue weighted by Crippen LogP contribution is -2.30. The van der Waals surface area contributed by atoms with Gasteiger partial charge in [-0.05, 0) is 67.1 Å². The highest BCUT2D eigenvalue weighted by atomic mass is 35.5. The molecule has 0 amide bonds. The number of nitrogens with one attached hydrogen (secondary N) is 1. The molecule has 1 saturated heterocycles. The third-order valence-corrected chi connectivity index (χ3v) is 5.65. The molecule has 0 spiro atoms. The largest absolute Gasteiger partial charge is 0.342 e. The molecule has 1 fully saturated rings. The summed E-state index contributed by atoms with van der Waals surface area (Å²) in [6.45, 7) is 2.15. The normalized spacial score (nSPS) is 13.8. The van der Waals surface area contributed by atoms with Crippen LogP contribution in [0.25, 0.3) is 22.2 Å². The Morgan fingerprint density at radius 2 is 1.67 bits per heavy atom. The summed E-state index contributed by atoms with van der Waals surface area (Å²) in [7, 11) is 0. The Bertz CT molecular complexity index is 1220. The molecular formula is C25H21ClN4. The molecule has 0 saturated carbocycles. The molecule has 2 aromatic carbocycles. The van der Waals surface area contributed by atoms with Crippen molar-refractivity contribution in [2.45, 2.75) is 19.3 Å². The van der Waals surface area contributed by atoms with Gasteiger partial charge < -0.3 is 9.88 Å². The summed E-state index contributed by atoms with van der Waals surface area (Å²) in [5.41, 5.74) is 5.81. The Hall–Kier alpha value is -3.29. The van der Waals surface area contributed by atoms with E-state index < -0.39 is 0 Å². The Labute approximate surface area is 180 Å². The minimum absolute atomic E-state index is 0.728. The van der Waals surface area contributed by atoms with Crippen LogP contribution in [0.2, 0.25) is 5.02 Å². The zero-order valence-corrected chi connectivity index (χ0v) is 17.3. The maximum Gasteiger partial charge on any atom is 0.203 e. The summed E-state index contributed by atoms with van der Waals surface area (Å²) < 4.78 is 0. The van der Waals surface area contributed by atoms with Crippen LogP contribution < -0.4 is 4.90 Å². The van der Waals surface area contributed by atoms with Crippen LogP contribution in [0.15, 0.2) is 60.8 Å². The van der Waals surface area contributed by atoms with E-state index in [9.17, 15) is 0 Å². The number of rotatable bonds is 2. The molecule has 0 aliphatic carbocycles. The van der Waals surface area contributed by atoms with Crippen molar-refractivity contribution < 1.29 is 0 Å². The second-order valence-corrected chi connectivity index (χ2v) is 7.97. The summed E-state index contributed by atoms with van der Waals surface area (Å²) in [6.07, 6.45) is 5.62. The smallest absolute Gasteiger partial charge is 0.203 e. The summed E-state index contributed by atoms with van der Waals surface area (Å²) in [5.74, 6) is 7.34. The molecule has 5 rings (SSSR count). The van der Waals surface area contributed by atoms with E-state index in [-0.39, 0.29) is 0 Å². The molecule has 2 aromatic heterocycles. The van der Waals surface area contributed by atoms with Crippen LogP contribution in [0, 0.1) is 11.8 Å². The zero-order valence-electron chi connectivity index (χ0n) is 16.5. The van der Waals surface area contributed by atoms with E-state index in [0.29, 0.717) is 0 Å². The Balaban J connectivity index is 1.35. The van der Waals surface area contributed by atoms with Crippen molar-refractivity contribution in [3.8, 4) is 23.0 Å². The lowest BCUT2D eigenvalue weighted by molar-refractivity contribution is 0.570. The van der Waals surface area contributed by atoms with Crippen LogP contribution in [-0.2, 0) is 0 Å². The Morgan fingerprint density at radius 3 is 2.43 bits per heavy atom. The Kier molecular flexibility index (Phi) is 5.13. The van der Waals surface area contributed by atoms with Crippen LogP contribution in [0.4, 0.5) is 5.95 Å². The van der Waals surface area contributed by atoms with Crippen molar-refractivity contribution >= 4 is 28.6 Å². The van der Waals surface area contributed by atoms with Crippen molar-refractivity contribution in [1.82, 2.24) is 15.0 Å². The molecular weight excluding hydrogens is 392 g/mol. The fraction of sp³-hybridized carbons (Fsp3) is 0.200. The molecule has 4 nitrogen and oxygen atoms in total. The van der Waals surface area contributed by atoms with Crippen molar-refractivity contribution in [2.75, 3.05) is 18.0 Å². The first-order valence-corrected chi connectivity index (χ1v) is 10.6. The predicted octanol–water partition coefficient (Wildman–Crippen LogP) is 5.67. The first-order chi connectivity index (χ1) is 14.7. The summed E-state index contributed by atoms with van der Waals surface area (Å²) in [6, 6.07) is 17.8. The number of fused-ring (bicyclic) bond motifs is 1. The van der Waals surface area contributed by atoms with E-state index in [2.05, 4.69) is 32.8 Å². The first-order valence-electron chi connectivity index (χ1n) is 10.2. The van der Waals surface area contributed by atoms with Gasteiger partial charge in [0.1, 0.15) is 5.69 Å². The van der Waals surface area contributed by atoms with Crippen LogP contribution in [0.5, 0.6) is 0 Å². The van der Waals surface area contributed by atoms with Gasteiger partial charge in [0, 0.05) is 35.4 Å². The van der Waals surface area contributed by atoms with Gasteiger partial charge >= 0.3 is 0 Å². The molecule has 4 aromatic rings. The average molecular weight is 413 g/mol. The fourth-order valence-corrected chi connectivity index (χ4v) is 3.87. The maximum absolute atomic E-state index is 5.96. The van der Waals surface area contributed by atoms with Crippen LogP contribution in [0.3, 0.4) is 0 Å². The second kappa shape index (κ2) is 8.22. The van der Waals surface area contributed by atoms with E-state index >= 15 is 0 Å². The van der Waals surface area contributed by atoms with E-state index in [1.807, 2.05) is 54.7 Å². The first kappa shape index (κ1) is 18.7. The van der Waals surface area contributed by atoms with Crippen molar-refractivity contribution in [3.05, 3.63) is 77.1 Å². The predicted molar refractivity (Wildman–Crippen MR) is 123 cm³/mol. The Morgan fingerprint density at radius 1 is 0.867 bits per heavy atom. The van der Waals surface area contributed by atoms with Gasteiger partial charge in [0.2, 0.25) is 5.95 Å². The van der Waals surface area contributed by atoms with Crippen LogP contribution in [-0.4, -0.2) is 28.0 Å². The number of nitrogens with zero attached hydrogens (tertiary/aromatic N) is 3. The number of anilines is 1. The number of piperidine rings is 1. The summed E-state index contributed by atoms with van der Waals surface area (Å²) in [4.78, 5) is 15.0. The number of hydrogen-bond donors (Lipinski definition) is 1. The average Bonchev–Trinajstić information content (AvgIpc) is 3.23. The van der Waals surface area contributed by atoms with Crippen molar-refractivity contribution in [1.29, 1.82) is 0 Å². The third kappa shape index (κ3) is 4.03. The molecule has 5 heteroatoms. The molecule has 3 heterocycles. The van der Waals surface area contributed by atoms with E-state index in [1.54, 1.807) is 0 Å². The summed E-state index contributed by atoms with van der Waals surface area (Å²) >= 11 is 5.96. The highest BCUT2D eigenvalue weighted by molar-refractivity contribution is 6.30. The molecule has 1 N–H and O–H groups in total. The van der Waals surface area contributed by atoms with Crippen LogP contribution in [0.1, 0.15) is 30.5 Å². The number of halogens is 1. The SMILES string of the molecule is Clc1ccc(-c2ccc(C#Cc3ccc4nc(N5CCCCC5)[nH]c4c3)nc2)cc1. The molecule has 30 heavy (non-hydrogen) atoms. The van der Waals surface area contributed by atoms with Crippen molar-refractivity contribution in [3.63, 3.8) is 0 Å². The molecule has 0 atom stereocenters. The van der Waals surface area contributed by atoms with Gasteiger partial charge in [0.15, 0.2) is 0 Å². The molecule has 1 aliphatic heterocycles. The minimum Gasteiger partial charge on any atom is -0.342 e. The topological polar surface area (TPSA) is 44.8 Å². The van der Waals surface area contributed by atoms with Crippen LogP contribution >= 0.6 is 11.6 Å². The number of imidazole rings is 1. The highest BCUT2D eigenvalue weighted by Gasteiger charge is 2.14. The van der Waals surface area contributed by atoms with E-state index in [1.165, 1.54) is 19.3 Å². The lowest BCUT2D eigenvalue weighted by atomic mass is 10.1. The fourth-order valence-electron chi connectivity index (χ4n) is 3.75. The van der Waals surface area contributed by atoms with E-state index in [4.69, 9.17) is 16.6 Å². The van der Waals surface area contributed by atoms with Gasteiger partial charge in [-0.1, -0.05) is 35.7 Å². The number of hydrogen-bond acceptors (Lipinski definition) is 3. The third-order valence-electron chi connectivity index (χ3n) is 5.40. The number of aromatic nitrogens is 3. The monoisotopic (exact) mass is 412 g/mol. The van der Waals surface area contributed by atoms with Gasteiger partial charge in [-0.2, -0.15) is 0 Å². The second-order valence-electron chi connectivity index (χ2n) is 7.53. The molecule has 0 radical (unpaired) electrons. The quantitative estimate of drug-likeness (QED) is 0.431. The number of pyridine rings is 1. The van der Waals surface area contributed by atoms with E-state index in [0.717, 1.165) is 57.5 Å². The molecule has 148 valence electrons. The molecule has 0 bridgehead atoms.